The smallest absolute Gasteiger partial charge is 0.278 e. The number of carbonyl (C=O) groups is 1. The van der Waals surface area contributed by atoms with Crippen LogP contribution in [0.5, 0.6) is 5.75 Å². The fraction of sp³-hybridized carbons (Fsp3) is 0.143. The molecule has 9 heteroatoms. The highest BCUT2D eigenvalue weighted by molar-refractivity contribution is 6.30. The molecule has 1 N–H and O–H groups in total. The molecule has 2 aromatic carbocycles. The fourth-order valence-electron chi connectivity index (χ4n) is 2.70. The Labute approximate surface area is 178 Å². The number of benzene rings is 2. The van der Waals surface area contributed by atoms with Gasteiger partial charge in [0.25, 0.3) is 5.91 Å². The maximum Gasteiger partial charge on any atom is 0.278 e. The zero-order valence-electron chi connectivity index (χ0n) is 16.2. The van der Waals surface area contributed by atoms with Crippen molar-refractivity contribution in [2.75, 3.05) is 5.32 Å². The van der Waals surface area contributed by atoms with Crippen molar-refractivity contribution in [2.24, 2.45) is 0 Å². The van der Waals surface area contributed by atoms with E-state index >= 15 is 0 Å². The molecule has 0 aliphatic carbocycles. The van der Waals surface area contributed by atoms with E-state index in [2.05, 4.69) is 20.5 Å². The monoisotopic (exact) mass is 422 g/mol. The Hall–Kier alpha value is -3.65. The van der Waals surface area contributed by atoms with Gasteiger partial charge in [0.05, 0.1) is 6.54 Å². The summed E-state index contributed by atoms with van der Waals surface area (Å²) in [6.45, 7) is 2.77. The third kappa shape index (κ3) is 5.03. The third-order valence-electron chi connectivity index (χ3n) is 4.28. The summed E-state index contributed by atoms with van der Waals surface area (Å²) in [7, 11) is 0. The summed E-state index contributed by atoms with van der Waals surface area (Å²) in [4.78, 5) is 16.5. The molecular weight excluding hydrogens is 404 g/mol. The van der Waals surface area contributed by atoms with Gasteiger partial charge in [-0.25, -0.2) is 14.3 Å². The van der Waals surface area contributed by atoms with Crippen LogP contribution in [0.3, 0.4) is 0 Å². The minimum atomic E-state index is -0.395. The summed E-state index contributed by atoms with van der Waals surface area (Å²) in [6, 6.07) is 16.8. The molecule has 0 unspecified atom stereocenters. The fourth-order valence-corrected chi connectivity index (χ4v) is 2.83. The maximum atomic E-state index is 12.4. The van der Waals surface area contributed by atoms with Crippen molar-refractivity contribution in [3.05, 3.63) is 89.0 Å². The lowest BCUT2D eigenvalue weighted by Gasteiger charge is -2.05. The van der Waals surface area contributed by atoms with Crippen molar-refractivity contribution in [3.63, 3.8) is 0 Å². The molecule has 0 bridgehead atoms. The molecule has 2 heterocycles. The van der Waals surface area contributed by atoms with E-state index in [1.807, 2.05) is 31.2 Å². The number of amides is 1. The first kappa shape index (κ1) is 19.7. The van der Waals surface area contributed by atoms with Crippen molar-refractivity contribution in [1.82, 2.24) is 24.5 Å². The molecule has 0 saturated carbocycles. The summed E-state index contributed by atoms with van der Waals surface area (Å²) in [6.07, 6.45) is 3.24. The molecule has 0 aliphatic heterocycles. The van der Waals surface area contributed by atoms with Gasteiger partial charge < -0.3 is 4.74 Å². The third-order valence-corrected chi connectivity index (χ3v) is 4.53. The van der Waals surface area contributed by atoms with Gasteiger partial charge >= 0.3 is 0 Å². The number of aryl methyl sites for hydroxylation is 1. The predicted molar refractivity (Wildman–Crippen MR) is 113 cm³/mol. The lowest BCUT2D eigenvalue weighted by molar-refractivity contribution is 0.101. The van der Waals surface area contributed by atoms with Crippen molar-refractivity contribution in [3.8, 4) is 5.75 Å². The number of rotatable bonds is 7. The molecule has 0 spiro atoms. The van der Waals surface area contributed by atoms with Gasteiger partial charge in [-0.3, -0.25) is 10.1 Å². The minimum Gasteiger partial charge on any atom is -0.471 e. The lowest BCUT2D eigenvalue weighted by Crippen LogP contribution is -2.15. The van der Waals surface area contributed by atoms with E-state index in [0.717, 1.165) is 5.56 Å². The van der Waals surface area contributed by atoms with Crippen molar-refractivity contribution < 1.29 is 9.53 Å². The first-order chi connectivity index (χ1) is 14.5. The number of halogens is 1. The molecule has 0 atom stereocenters. The predicted octanol–water partition coefficient (Wildman–Crippen LogP) is 3.77. The van der Waals surface area contributed by atoms with Crippen LogP contribution in [-0.4, -0.2) is 30.5 Å². The van der Waals surface area contributed by atoms with E-state index in [1.54, 1.807) is 47.5 Å². The summed E-state index contributed by atoms with van der Waals surface area (Å²) < 4.78 is 8.79. The van der Waals surface area contributed by atoms with Gasteiger partial charge in [-0.05, 0) is 42.8 Å². The summed E-state index contributed by atoms with van der Waals surface area (Å²) in [5.41, 5.74) is 2.54. The second-order valence-corrected chi connectivity index (χ2v) is 7.11. The average molecular weight is 423 g/mol. The Balaban J connectivity index is 1.32. The molecule has 2 aromatic heterocycles. The summed E-state index contributed by atoms with van der Waals surface area (Å²) >= 11 is 5.85. The number of nitrogens with zero attached hydrogens (tertiary/aromatic N) is 5. The number of carbonyl (C=O) groups excluding carboxylic acids is 1. The molecule has 4 rings (SSSR count). The average Bonchev–Trinajstić information content (AvgIpc) is 3.39. The number of aromatic nitrogens is 5. The van der Waals surface area contributed by atoms with Crippen LogP contribution in [0.1, 0.15) is 21.6 Å². The Bertz CT molecular complexity index is 1140. The number of nitrogens with one attached hydrogen (secondary N) is 1. The molecule has 1 amide bonds. The first-order valence-corrected chi connectivity index (χ1v) is 9.61. The molecule has 0 aliphatic rings. The lowest BCUT2D eigenvalue weighted by atomic mass is 10.1. The van der Waals surface area contributed by atoms with E-state index in [-0.39, 0.29) is 18.4 Å². The Morgan fingerprint density at radius 3 is 2.57 bits per heavy atom. The number of hydrogen-bond donors (Lipinski definition) is 1. The van der Waals surface area contributed by atoms with Crippen molar-refractivity contribution in [1.29, 1.82) is 0 Å². The SMILES string of the molecule is Cc1ccc(Cn2cnc(NC(=O)c3ccn(COc4ccc(Cl)cc4)n3)n2)cc1. The zero-order valence-corrected chi connectivity index (χ0v) is 17.0. The minimum absolute atomic E-state index is 0.165. The quantitative estimate of drug-likeness (QED) is 0.490. The molecule has 0 saturated heterocycles. The van der Waals surface area contributed by atoms with E-state index in [9.17, 15) is 4.79 Å². The van der Waals surface area contributed by atoms with Crippen LogP contribution in [-0.2, 0) is 13.3 Å². The van der Waals surface area contributed by atoms with E-state index in [4.69, 9.17) is 16.3 Å². The topological polar surface area (TPSA) is 86.9 Å². The molecule has 30 heavy (non-hydrogen) atoms. The molecular formula is C21H19ClN6O2. The van der Waals surface area contributed by atoms with Gasteiger partial charge in [0.2, 0.25) is 5.95 Å². The Morgan fingerprint density at radius 1 is 1.03 bits per heavy atom. The van der Waals surface area contributed by atoms with Crippen LogP contribution in [0.15, 0.2) is 67.1 Å². The molecule has 8 nitrogen and oxygen atoms in total. The first-order valence-electron chi connectivity index (χ1n) is 9.23. The standard InChI is InChI=1S/C21H19ClN6O2/c1-15-2-4-16(5-3-15)12-28-13-23-21(26-28)24-20(29)19-10-11-27(25-19)14-30-18-8-6-17(22)7-9-18/h2-11,13H,12,14H2,1H3,(H,24,26,29). The molecule has 0 fully saturated rings. The van der Waals surface area contributed by atoms with Crippen LogP contribution < -0.4 is 10.1 Å². The van der Waals surface area contributed by atoms with Crippen LogP contribution in [0.2, 0.25) is 5.02 Å². The van der Waals surface area contributed by atoms with Gasteiger partial charge in [0.15, 0.2) is 12.4 Å². The second-order valence-electron chi connectivity index (χ2n) is 6.67. The van der Waals surface area contributed by atoms with E-state index < -0.39 is 5.91 Å². The molecule has 4 aromatic rings. The Kier molecular flexibility index (Phi) is 5.76. The second kappa shape index (κ2) is 8.79. The maximum absolute atomic E-state index is 12.4. The molecule has 152 valence electrons. The van der Waals surface area contributed by atoms with Gasteiger partial charge in [-0.15, -0.1) is 5.10 Å². The van der Waals surface area contributed by atoms with Gasteiger partial charge in [-0.2, -0.15) is 5.10 Å². The number of anilines is 1. The van der Waals surface area contributed by atoms with Crippen molar-refractivity contribution >= 4 is 23.5 Å². The van der Waals surface area contributed by atoms with E-state index in [0.29, 0.717) is 17.3 Å². The molecule has 0 radical (unpaired) electrons. The summed E-state index contributed by atoms with van der Waals surface area (Å²) in [5, 5.41) is 11.8. The van der Waals surface area contributed by atoms with E-state index in [1.165, 1.54) is 10.2 Å². The van der Waals surface area contributed by atoms with Crippen LogP contribution in [0, 0.1) is 6.92 Å². The normalized spacial score (nSPS) is 10.7. The zero-order chi connectivity index (χ0) is 20.9. The highest BCUT2D eigenvalue weighted by Crippen LogP contribution is 2.16. The van der Waals surface area contributed by atoms with Crippen LogP contribution >= 0.6 is 11.6 Å². The van der Waals surface area contributed by atoms with Gasteiger partial charge in [-0.1, -0.05) is 41.4 Å². The highest BCUT2D eigenvalue weighted by Gasteiger charge is 2.12. The van der Waals surface area contributed by atoms with Crippen LogP contribution in [0.25, 0.3) is 0 Å². The summed E-state index contributed by atoms with van der Waals surface area (Å²) in [5.74, 6) is 0.483. The van der Waals surface area contributed by atoms with Gasteiger partial charge in [0, 0.05) is 11.2 Å². The highest BCUT2D eigenvalue weighted by atomic mass is 35.5. The van der Waals surface area contributed by atoms with Crippen LogP contribution in [0.4, 0.5) is 5.95 Å². The number of ether oxygens (including phenoxy) is 1. The van der Waals surface area contributed by atoms with Crippen molar-refractivity contribution in [2.45, 2.75) is 20.2 Å². The number of hydrogen-bond acceptors (Lipinski definition) is 5. The largest absolute Gasteiger partial charge is 0.471 e. The van der Waals surface area contributed by atoms with Gasteiger partial charge in [0.1, 0.15) is 12.1 Å². The Morgan fingerprint density at radius 2 is 1.80 bits per heavy atom.